The van der Waals surface area contributed by atoms with Gasteiger partial charge in [-0.25, -0.2) is 4.98 Å². The molecule has 1 unspecified atom stereocenters. The number of carbonyl (C=O) groups excluding carboxylic acids is 1. The summed E-state index contributed by atoms with van der Waals surface area (Å²) >= 11 is 5.00. The zero-order chi connectivity index (χ0) is 13.7. The highest BCUT2D eigenvalue weighted by molar-refractivity contribution is 9.08. The van der Waals surface area contributed by atoms with Gasteiger partial charge in [0.05, 0.1) is 5.01 Å². The zero-order valence-electron chi connectivity index (χ0n) is 10.6. The molecular formula is C14H15BrN2OS. The van der Waals surface area contributed by atoms with Crippen LogP contribution in [0.5, 0.6) is 0 Å². The number of amides is 1. The van der Waals surface area contributed by atoms with E-state index in [0.717, 1.165) is 15.9 Å². The first kappa shape index (κ1) is 14.2. The van der Waals surface area contributed by atoms with E-state index in [9.17, 15) is 4.79 Å². The van der Waals surface area contributed by atoms with Crippen LogP contribution in [0.4, 0.5) is 0 Å². The quantitative estimate of drug-likeness (QED) is 0.846. The number of alkyl halides is 1. The molecule has 0 bridgehead atoms. The van der Waals surface area contributed by atoms with Gasteiger partial charge in [-0.2, -0.15) is 0 Å². The number of nitrogens with one attached hydrogen (secondary N) is 1. The molecule has 1 amide bonds. The van der Waals surface area contributed by atoms with E-state index in [1.54, 1.807) is 17.5 Å². The summed E-state index contributed by atoms with van der Waals surface area (Å²) in [5, 5.41) is 6.74. The molecule has 0 fully saturated rings. The van der Waals surface area contributed by atoms with Gasteiger partial charge in [-0.3, -0.25) is 4.79 Å². The predicted molar refractivity (Wildman–Crippen MR) is 81.9 cm³/mol. The lowest BCUT2D eigenvalue weighted by Gasteiger charge is -2.10. The summed E-state index contributed by atoms with van der Waals surface area (Å²) in [6.45, 7) is 2.67. The molecule has 1 N–H and O–H groups in total. The molecule has 1 atom stereocenters. The molecule has 0 saturated heterocycles. The summed E-state index contributed by atoms with van der Waals surface area (Å²) in [4.78, 5) is 16.2. The lowest BCUT2D eigenvalue weighted by atomic mass is 10.1. The molecule has 0 spiro atoms. The maximum Gasteiger partial charge on any atom is 0.251 e. The van der Waals surface area contributed by atoms with Crippen LogP contribution in [-0.4, -0.2) is 17.4 Å². The van der Waals surface area contributed by atoms with Gasteiger partial charge < -0.3 is 5.32 Å². The van der Waals surface area contributed by atoms with Crippen molar-refractivity contribution in [2.24, 2.45) is 0 Å². The standard InChI is InChI=1S/C14H15BrN2OS/c1-10(14-16-6-7-19-14)9-17-13(18)12-4-2-11(8-15)3-5-12/h2-7,10H,8-9H2,1H3,(H,17,18). The Hall–Kier alpha value is -1.20. The highest BCUT2D eigenvalue weighted by Gasteiger charge is 2.11. The van der Waals surface area contributed by atoms with E-state index in [-0.39, 0.29) is 11.8 Å². The Balaban J connectivity index is 1.90. The van der Waals surface area contributed by atoms with Gasteiger partial charge >= 0.3 is 0 Å². The fourth-order valence-corrected chi connectivity index (χ4v) is 2.73. The van der Waals surface area contributed by atoms with Crippen molar-refractivity contribution in [3.8, 4) is 0 Å². The lowest BCUT2D eigenvalue weighted by molar-refractivity contribution is 0.0951. The van der Waals surface area contributed by atoms with E-state index < -0.39 is 0 Å². The van der Waals surface area contributed by atoms with E-state index >= 15 is 0 Å². The minimum atomic E-state index is -0.0375. The van der Waals surface area contributed by atoms with Crippen molar-refractivity contribution < 1.29 is 4.79 Å². The molecule has 19 heavy (non-hydrogen) atoms. The second-order valence-electron chi connectivity index (χ2n) is 4.31. The van der Waals surface area contributed by atoms with Crippen LogP contribution in [0.15, 0.2) is 35.8 Å². The first-order chi connectivity index (χ1) is 9.20. The number of aromatic nitrogens is 1. The topological polar surface area (TPSA) is 42.0 Å². The van der Waals surface area contributed by atoms with Crippen molar-refractivity contribution in [1.82, 2.24) is 10.3 Å². The summed E-state index contributed by atoms with van der Waals surface area (Å²) < 4.78 is 0. The largest absolute Gasteiger partial charge is 0.351 e. The van der Waals surface area contributed by atoms with Gasteiger partial charge in [0.15, 0.2) is 0 Å². The third-order valence-corrected chi connectivity index (χ3v) is 4.47. The molecule has 1 aromatic carbocycles. The van der Waals surface area contributed by atoms with Crippen molar-refractivity contribution in [1.29, 1.82) is 0 Å². The average molecular weight is 339 g/mol. The van der Waals surface area contributed by atoms with Gasteiger partial charge in [0, 0.05) is 34.9 Å². The van der Waals surface area contributed by atoms with Crippen LogP contribution in [0.25, 0.3) is 0 Å². The summed E-state index contributed by atoms with van der Waals surface area (Å²) in [5.41, 5.74) is 1.85. The van der Waals surface area contributed by atoms with Gasteiger partial charge in [-0.05, 0) is 17.7 Å². The maximum atomic E-state index is 12.0. The fourth-order valence-electron chi connectivity index (χ4n) is 1.66. The number of carbonyl (C=O) groups is 1. The molecule has 0 aliphatic rings. The van der Waals surface area contributed by atoms with Gasteiger partial charge in [-0.1, -0.05) is 35.0 Å². The van der Waals surface area contributed by atoms with Crippen LogP contribution in [0.2, 0.25) is 0 Å². The van der Waals surface area contributed by atoms with Crippen LogP contribution in [0, 0.1) is 0 Å². The SMILES string of the molecule is CC(CNC(=O)c1ccc(CBr)cc1)c1nccs1. The number of rotatable bonds is 5. The molecule has 2 aromatic rings. The Labute approximate surface area is 125 Å². The molecule has 100 valence electrons. The van der Waals surface area contributed by atoms with Crippen LogP contribution in [0.3, 0.4) is 0 Å². The minimum absolute atomic E-state index is 0.0375. The summed E-state index contributed by atoms with van der Waals surface area (Å²) in [6, 6.07) is 7.60. The Morgan fingerprint density at radius 1 is 1.42 bits per heavy atom. The van der Waals surface area contributed by atoms with Crippen molar-refractivity contribution >= 4 is 33.2 Å². The fraction of sp³-hybridized carbons (Fsp3) is 0.286. The summed E-state index contributed by atoms with van der Waals surface area (Å²) in [7, 11) is 0. The van der Waals surface area contributed by atoms with Crippen LogP contribution < -0.4 is 5.32 Å². The van der Waals surface area contributed by atoms with E-state index in [4.69, 9.17) is 0 Å². The first-order valence-electron chi connectivity index (χ1n) is 6.03. The second-order valence-corrected chi connectivity index (χ2v) is 5.80. The van der Waals surface area contributed by atoms with Gasteiger partial charge in [0.1, 0.15) is 0 Å². The average Bonchev–Trinajstić information content (AvgIpc) is 2.98. The highest BCUT2D eigenvalue weighted by atomic mass is 79.9. The van der Waals surface area contributed by atoms with Gasteiger partial charge in [-0.15, -0.1) is 11.3 Å². The molecule has 2 rings (SSSR count). The van der Waals surface area contributed by atoms with Crippen LogP contribution in [-0.2, 0) is 5.33 Å². The van der Waals surface area contributed by atoms with E-state index in [0.29, 0.717) is 12.1 Å². The Bertz CT molecular complexity index is 525. The van der Waals surface area contributed by atoms with Gasteiger partial charge in [0.25, 0.3) is 5.91 Å². The normalized spacial score (nSPS) is 12.1. The Kier molecular flexibility index (Phi) is 5.10. The second kappa shape index (κ2) is 6.82. The maximum absolute atomic E-state index is 12.0. The Morgan fingerprint density at radius 2 is 2.16 bits per heavy atom. The van der Waals surface area contributed by atoms with Crippen molar-refractivity contribution in [3.05, 3.63) is 52.0 Å². The molecule has 0 aliphatic heterocycles. The molecule has 5 heteroatoms. The molecule has 0 aliphatic carbocycles. The van der Waals surface area contributed by atoms with Gasteiger partial charge in [0.2, 0.25) is 0 Å². The van der Waals surface area contributed by atoms with E-state index in [1.807, 2.05) is 29.6 Å². The Morgan fingerprint density at radius 3 is 2.74 bits per heavy atom. The summed E-state index contributed by atoms with van der Waals surface area (Å²) in [5.74, 6) is 0.204. The summed E-state index contributed by atoms with van der Waals surface area (Å²) in [6.07, 6.45) is 1.79. The third-order valence-electron chi connectivity index (χ3n) is 2.81. The number of hydrogen-bond acceptors (Lipinski definition) is 3. The monoisotopic (exact) mass is 338 g/mol. The third kappa shape index (κ3) is 3.88. The van der Waals surface area contributed by atoms with Crippen molar-refractivity contribution in [3.63, 3.8) is 0 Å². The number of nitrogens with zero attached hydrogens (tertiary/aromatic N) is 1. The first-order valence-corrected chi connectivity index (χ1v) is 8.03. The van der Waals surface area contributed by atoms with Crippen LogP contribution in [0.1, 0.15) is 33.8 Å². The number of hydrogen-bond donors (Lipinski definition) is 1. The van der Waals surface area contributed by atoms with E-state index in [1.165, 1.54) is 0 Å². The molecular weight excluding hydrogens is 324 g/mol. The number of thiazole rings is 1. The molecule has 3 nitrogen and oxygen atoms in total. The lowest BCUT2D eigenvalue weighted by Crippen LogP contribution is -2.27. The zero-order valence-corrected chi connectivity index (χ0v) is 13.0. The molecule has 0 saturated carbocycles. The van der Waals surface area contributed by atoms with Crippen molar-refractivity contribution in [2.75, 3.05) is 6.54 Å². The highest BCUT2D eigenvalue weighted by Crippen LogP contribution is 2.16. The number of halogens is 1. The van der Waals surface area contributed by atoms with Crippen LogP contribution >= 0.6 is 27.3 Å². The molecule has 1 heterocycles. The molecule has 1 aromatic heterocycles. The minimum Gasteiger partial charge on any atom is -0.351 e. The predicted octanol–water partition coefficient (Wildman–Crippen LogP) is 3.57. The van der Waals surface area contributed by atoms with Crippen molar-refractivity contribution in [2.45, 2.75) is 18.2 Å². The van der Waals surface area contributed by atoms with E-state index in [2.05, 4.69) is 33.2 Å². The smallest absolute Gasteiger partial charge is 0.251 e. The number of benzene rings is 1. The molecule has 0 radical (unpaired) electrons.